The van der Waals surface area contributed by atoms with Gasteiger partial charge in [0.2, 0.25) is 6.34 Å². The highest BCUT2D eigenvalue weighted by Crippen LogP contribution is 2.20. The number of hydrogen-bond acceptors (Lipinski definition) is 2. The molecule has 7 heteroatoms. The van der Waals surface area contributed by atoms with Crippen molar-refractivity contribution in [2.24, 2.45) is 0 Å². The fraction of sp³-hybridized carbons (Fsp3) is 0.778. The topological polar surface area (TPSA) is 32.5 Å². The quantitative estimate of drug-likeness (QED) is 0.434. The van der Waals surface area contributed by atoms with E-state index in [2.05, 4.69) is 0 Å². The van der Waals surface area contributed by atoms with Gasteiger partial charge < -0.3 is 28.7 Å². The number of halogens is 3. The van der Waals surface area contributed by atoms with E-state index in [0.717, 1.165) is 0 Å². The molecule has 0 aliphatic carbocycles. The summed E-state index contributed by atoms with van der Waals surface area (Å²) >= 11 is 0. The average molecular weight is 348 g/mol. The average Bonchev–Trinajstić information content (AvgIpc) is 2.50. The summed E-state index contributed by atoms with van der Waals surface area (Å²) in [7, 11) is 1.80. The molecule has 1 amide bonds. The number of likely N-dealkylation sites (N-methyl/N-ethyl adjacent to an activating group) is 1. The molecule has 0 aromatic rings. The lowest BCUT2D eigenvalue weighted by Gasteiger charge is -2.23. The second kappa shape index (κ2) is 5.74. The number of carbonyl (C=O) groups excluding carboxylic acids is 1. The summed E-state index contributed by atoms with van der Waals surface area (Å²) in [4.78, 5) is 12.7. The molecule has 0 spiro atoms. The summed E-state index contributed by atoms with van der Waals surface area (Å²) in [5.74, 6) is 0. The second-order valence-corrected chi connectivity index (χ2v) is 4.06. The number of nitrogens with zero attached hydrogens (tertiary/aromatic N) is 2. The van der Waals surface area contributed by atoms with Crippen molar-refractivity contribution < 1.29 is 46.9 Å². The van der Waals surface area contributed by atoms with Gasteiger partial charge in [0.25, 0.3) is 6.43 Å². The maximum absolute atomic E-state index is 12.4. The van der Waals surface area contributed by atoms with Crippen LogP contribution in [0, 0.1) is 0 Å². The van der Waals surface area contributed by atoms with Gasteiger partial charge in [0, 0.05) is 0 Å². The fourth-order valence-electron chi connectivity index (χ4n) is 1.09. The van der Waals surface area contributed by atoms with Gasteiger partial charge in [-0.25, -0.2) is 8.78 Å². The van der Waals surface area contributed by atoms with Crippen molar-refractivity contribution in [3.8, 4) is 0 Å². The highest BCUT2D eigenvalue weighted by Gasteiger charge is 2.38. The molecule has 0 bridgehead atoms. The largest absolute Gasteiger partial charge is 1.00 e. The molecule has 0 aromatic heterocycles. The molecule has 0 aromatic carbocycles. The first-order valence-electron chi connectivity index (χ1n) is 4.66. The maximum Gasteiger partial charge on any atom is 0.507 e. The number of rotatable bonds is 2. The standard InChI is InChI=1S/C9H15F2N2O2.HI/c1-9(2,7(10)11)15-8(14)13-5-4-12(3)6-13;/h6-7H,4-5H2,1-3H3;1H/q+1;/p-1. The smallest absolute Gasteiger partial charge is 0.507 e. The van der Waals surface area contributed by atoms with Crippen LogP contribution in [0.3, 0.4) is 0 Å². The van der Waals surface area contributed by atoms with Crippen LogP contribution in [0.25, 0.3) is 0 Å². The Morgan fingerprint density at radius 1 is 1.56 bits per heavy atom. The maximum atomic E-state index is 12.4. The van der Waals surface area contributed by atoms with Gasteiger partial charge in [0.1, 0.15) is 13.1 Å². The number of amides is 1. The molecule has 0 atom stereocenters. The second-order valence-electron chi connectivity index (χ2n) is 4.06. The molecule has 0 fully saturated rings. The van der Waals surface area contributed by atoms with Crippen molar-refractivity contribution in [2.45, 2.75) is 25.9 Å². The van der Waals surface area contributed by atoms with Crippen LogP contribution in [0.2, 0.25) is 0 Å². The molecule has 94 valence electrons. The zero-order chi connectivity index (χ0) is 11.6. The summed E-state index contributed by atoms with van der Waals surface area (Å²) in [6.45, 7) is 3.53. The lowest BCUT2D eigenvalue weighted by Crippen LogP contribution is -3.00. The number of hydrogen-bond donors (Lipinski definition) is 0. The Kier molecular flexibility index (Phi) is 5.57. The number of carbonyl (C=O) groups is 1. The molecule has 0 unspecified atom stereocenters. The first kappa shape index (κ1) is 15.5. The van der Waals surface area contributed by atoms with Crippen LogP contribution in [0.1, 0.15) is 13.8 Å². The molecule has 0 saturated heterocycles. The molecule has 1 aliphatic rings. The first-order chi connectivity index (χ1) is 6.83. The van der Waals surface area contributed by atoms with Gasteiger partial charge in [-0.2, -0.15) is 9.69 Å². The number of alkyl halides is 2. The number of ether oxygens (including phenoxy) is 1. The van der Waals surface area contributed by atoms with E-state index in [0.29, 0.717) is 13.1 Å². The summed E-state index contributed by atoms with van der Waals surface area (Å²) in [5.41, 5.74) is -1.74. The van der Waals surface area contributed by atoms with E-state index in [1.807, 2.05) is 0 Å². The van der Waals surface area contributed by atoms with Crippen LogP contribution in [0.5, 0.6) is 0 Å². The molecular weight excluding hydrogens is 333 g/mol. The van der Waals surface area contributed by atoms with Crippen LogP contribution in [-0.2, 0) is 4.74 Å². The molecule has 1 aliphatic heterocycles. The minimum absolute atomic E-state index is 0. The van der Waals surface area contributed by atoms with Crippen molar-refractivity contribution in [2.75, 3.05) is 20.1 Å². The van der Waals surface area contributed by atoms with E-state index >= 15 is 0 Å². The summed E-state index contributed by atoms with van der Waals surface area (Å²) in [5, 5.41) is 0. The summed E-state index contributed by atoms with van der Waals surface area (Å²) in [6, 6.07) is 0. The zero-order valence-corrected chi connectivity index (χ0v) is 11.6. The van der Waals surface area contributed by atoms with E-state index in [4.69, 9.17) is 4.74 Å². The van der Waals surface area contributed by atoms with E-state index in [1.54, 1.807) is 18.0 Å². The molecule has 0 radical (unpaired) electrons. The Balaban J connectivity index is 0.00000225. The van der Waals surface area contributed by atoms with Crippen molar-refractivity contribution in [1.82, 2.24) is 4.90 Å². The van der Waals surface area contributed by atoms with E-state index in [1.165, 1.54) is 18.7 Å². The third-order valence-corrected chi connectivity index (χ3v) is 2.14. The van der Waals surface area contributed by atoms with Crippen LogP contribution >= 0.6 is 0 Å². The Morgan fingerprint density at radius 3 is 2.50 bits per heavy atom. The van der Waals surface area contributed by atoms with Crippen LogP contribution in [0.15, 0.2) is 0 Å². The Morgan fingerprint density at radius 2 is 2.12 bits per heavy atom. The van der Waals surface area contributed by atoms with Gasteiger partial charge in [0.15, 0.2) is 5.60 Å². The molecule has 16 heavy (non-hydrogen) atoms. The van der Waals surface area contributed by atoms with Crippen molar-refractivity contribution in [3.63, 3.8) is 0 Å². The monoisotopic (exact) mass is 348 g/mol. The Hall–Kier alpha value is -0.470. The van der Waals surface area contributed by atoms with Crippen molar-refractivity contribution in [1.29, 1.82) is 0 Å². The van der Waals surface area contributed by atoms with E-state index in [-0.39, 0.29) is 24.0 Å². The molecule has 1 rings (SSSR count). The zero-order valence-electron chi connectivity index (χ0n) is 9.41. The minimum atomic E-state index is -2.69. The van der Waals surface area contributed by atoms with Crippen LogP contribution in [0.4, 0.5) is 13.6 Å². The van der Waals surface area contributed by atoms with Gasteiger partial charge in [-0.15, -0.1) is 0 Å². The normalized spacial score (nSPS) is 15.9. The molecule has 1 heterocycles. The fourth-order valence-corrected chi connectivity index (χ4v) is 1.09. The molecule has 0 saturated carbocycles. The van der Waals surface area contributed by atoms with Gasteiger partial charge >= 0.3 is 6.09 Å². The lowest BCUT2D eigenvalue weighted by atomic mass is 10.1. The summed E-state index contributed by atoms with van der Waals surface area (Å²) in [6.07, 6.45) is -1.88. The predicted octanol–water partition coefficient (Wildman–Crippen LogP) is -1.84. The molecule has 4 nitrogen and oxygen atoms in total. The van der Waals surface area contributed by atoms with Gasteiger partial charge in [-0.3, -0.25) is 4.58 Å². The third kappa shape index (κ3) is 3.84. The van der Waals surface area contributed by atoms with Crippen LogP contribution < -0.4 is 24.0 Å². The van der Waals surface area contributed by atoms with Crippen molar-refractivity contribution in [3.05, 3.63) is 0 Å². The highest BCUT2D eigenvalue weighted by molar-refractivity contribution is 5.81. The highest BCUT2D eigenvalue weighted by atomic mass is 127. The van der Waals surface area contributed by atoms with E-state index < -0.39 is 18.1 Å². The van der Waals surface area contributed by atoms with Crippen molar-refractivity contribution >= 4 is 12.4 Å². The van der Waals surface area contributed by atoms with E-state index in [9.17, 15) is 13.6 Å². The lowest BCUT2D eigenvalue weighted by molar-refractivity contribution is -0.482. The van der Waals surface area contributed by atoms with Gasteiger partial charge in [-0.05, 0) is 13.8 Å². The third-order valence-electron chi connectivity index (χ3n) is 2.14. The summed E-state index contributed by atoms with van der Waals surface area (Å²) < 4.78 is 31.3. The van der Waals surface area contributed by atoms with Crippen LogP contribution in [-0.4, -0.2) is 54.1 Å². The first-order valence-corrected chi connectivity index (χ1v) is 4.66. The minimum Gasteiger partial charge on any atom is -1.00 e. The molecule has 0 N–H and O–H groups in total. The van der Waals surface area contributed by atoms with Gasteiger partial charge in [0.05, 0.1) is 7.05 Å². The Labute approximate surface area is 110 Å². The Bertz CT molecular complexity index is 295. The SMILES string of the molecule is C[N+]1=CN(C(=O)OC(C)(C)C(F)F)CC1.[I-]. The molecular formula is C9H15F2IN2O2. The predicted molar refractivity (Wildman–Crippen MR) is 50.4 cm³/mol. The van der Waals surface area contributed by atoms with Gasteiger partial charge in [-0.1, -0.05) is 0 Å².